The summed E-state index contributed by atoms with van der Waals surface area (Å²) in [6.07, 6.45) is 8.18. The number of likely N-dealkylation sites (tertiary alicyclic amines) is 1. The number of benzene rings is 1. The summed E-state index contributed by atoms with van der Waals surface area (Å²) in [5.74, 6) is 2.81. The normalized spacial score (nSPS) is 30.2. The topological polar surface area (TPSA) is 94.2 Å². The molecule has 4 bridgehead atoms. The van der Waals surface area contributed by atoms with E-state index >= 15 is 0 Å². The smallest absolute Gasteiger partial charge is 0.329 e. The molecule has 4 aliphatic carbocycles. The van der Waals surface area contributed by atoms with E-state index in [9.17, 15) is 14.4 Å². The maximum atomic E-state index is 13.7. The van der Waals surface area contributed by atoms with Crippen molar-refractivity contribution in [1.29, 1.82) is 0 Å². The van der Waals surface area contributed by atoms with Gasteiger partial charge in [0.1, 0.15) is 24.1 Å². The molecule has 1 unspecified atom stereocenters. The van der Waals surface area contributed by atoms with Crippen LogP contribution in [0.5, 0.6) is 11.5 Å². The molecule has 1 saturated heterocycles. The number of esters is 1. The first-order valence-corrected chi connectivity index (χ1v) is 13.6. The average molecular weight is 499 g/mol. The first-order chi connectivity index (χ1) is 17.5. The van der Waals surface area contributed by atoms with Gasteiger partial charge in [-0.05, 0) is 100 Å². The largest absolute Gasteiger partial charge is 0.494 e. The summed E-state index contributed by atoms with van der Waals surface area (Å²) in [6, 6.07) is 6.72. The minimum absolute atomic E-state index is 0.164. The molecule has 1 heterocycles. The molecule has 36 heavy (non-hydrogen) atoms. The summed E-state index contributed by atoms with van der Waals surface area (Å²) >= 11 is 0. The quantitative estimate of drug-likeness (QED) is 0.393. The molecule has 1 aromatic rings. The summed E-state index contributed by atoms with van der Waals surface area (Å²) < 4.78 is 16.4. The van der Waals surface area contributed by atoms with Gasteiger partial charge in [0, 0.05) is 6.54 Å². The molecule has 2 amide bonds. The molecule has 4 saturated carbocycles. The summed E-state index contributed by atoms with van der Waals surface area (Å²) in [5, 5.41) is 2.71. The van der Waals surface area contributed by atoms with Crippen LogP contribution >= 0.6 is 0 Å². The first kappa shape index (κ1) is 24.9. The predicted molar refractivity (Wildman–Crippen MR) is 132 cm³/mol. The van der Waals surface area contributed by atoms with E-state index in [1.807, 2.05) is 31.2 Å². The van der Waals surface area contributed by atoms with Crippen LogP contribution in [0.1, 0.15) is 58.3 Å². The minimum Gasteiger partial charge on any atom is -0.494 e. The lowest BCUT2D eigenvalue weighted by atomic mass is 9.49. The molecule has 5 aliphatic rings. The summed E-state index contributed by atoms with van der Waals surface area (Å²) in [5.41, 5.74) is -0.266. The monoisotopic (exact) mass is 498 g/mol. The van der Waals surface area contributed by atoms with Gasteiger partial charge in [-0.15, -0.1) is 0 Å². The van der Waals surface area contributed by atoms with Crippen molar-refractivity contribution in [2.45, 2.75) is 64.3 Å². The van der Waals surface area contributed by atoms with Crippen LogP contribution < -0.4 is 14.8 Å². The van der Waals surface area contributed by atoms with Crippen LogP contribution in [0, 0.1) is 23.2 Å². The number of carbonyl (C=O) groups is 3. The second-order valence-electron chi connectivity index (χ2n) is 11.1. The van der Waals surface area contributed by atoms with E-state index in [-0.39, 0.29) is 23.8 Å². The van der Waals surface area contributed by atoms with Crippen LogP contribution in [0.2, 0.25) is 0 Å². The van der Waals surface area contributed by atoms with Crippen molar-refractivity contribution in [3.05, 3.63) is 24.3 Å². The SMILES string of the molecule is CCOc1ccc(OCCNC(=O)COC(=O)C2CCCN2C(=O)C23CC4CC(CC(C4)C2)C3)cc1. The number of nitrogens with zero attached hydrogens (tertiary/aromatic N) is 1. The molecule has 8 heteroatoms. The molecule has 6 rings (SSSR count). The van der Waals surface area contributed by atoms with Crippen LogP contribution in [0.15, 0.2) is 24.3 Å². The standard InChI is InChI=1S/C28H38N2O6/c1-2-34-22-5-7-23(8-6-22)35-11-9-29-25(31)18-36-26(32)24-4-3-10-30(24)27(33)28-15-19-12-20(16-28)14-21(13-19)17-28/h5-8,19-21,24H,2-4,9-18H2,1H3,(H,29,31). The Bertz CT molecular complexity index is 926. The summed E-state index contributed by atoms with van der Waals surface area (Å²) in [7, 11) is 0. The van der Waals surface area contributed by atoms with Gasteiger partial charge < -0.3 is 24.4 Å². The lowest BCUT2D eigenvalue weighted by Gasteiger charge is -2.56. The maximum Gasteiger partial charge on any atom is 0.329 e. The second-order valence-corrected chi connectivity index (χ2v) is 11.1. The highest BCUT2D eigenvalue weighted by Crippen LogP contribution is 2.60. The van der Waals surface area contributed by atoms with Gasteiger partial charge in [-0.2, -0.15) is 0 Å². The number of hydrogen-bond donors (Lipinski definition) is 1. The fourth-order valence-corrected chi connectivity index (χ4v) is 7.37. The Morgan fingerprint density at radius 2 is 1.58 bits per heavy atom. The second kappa shape index (κ2) is 10.7. The van der Waals surface area contributed by atoms with Crippen molar-refractivity contribution < 1.29 is 28.6 Å². The highest BCUT2D eigenvalue weighted by Gasteiger charge is 2.57. The highest BCUT2D eigenvalue weighted by molar-refractivity contribution is 5.90. The molecule has 1 atom stereocenters. The zero-order chi connectivity index (χ0) is 25.1. The van der Waals surface area contributed by atoms with E-state index in [1.54, 1.807) is 4.90 Å². The zero-order valence-electron chi connectivity index (χ0n) is 21.2. The number of nitrogens with one attached hydrogen (secondary N) is 1. The number of carbonyl (C=O) groups excluding carboxylic acids is 3. The van der Waals surface area contributed by atoms with Gasteiger partial charge in [0.25, 0.3) is 5.91 Å². The highest BCUT2D eigenvalue weighted by atomic mass is 16.5. The van der Waals surface area contributed by atoms with Crippen LogP contribution in [0.25, 0.3) is 0 Å². The molecule has 196 valence electrons. The van der Waals surface area contributed by atoms with Crippen molar-refractivity contribution in [2.24, 2.45) is 23.2 Å². The van der Waals surface area contributed by atoms with Crippen molar-refractivity contribution in [1.82, 2.24) is 10.2 Å². The van der Waals surface area contributed by atoms with Gasteiger partial charge >= 0.3 is 5.97 Å². The maximum absolute atomic E-state index is 13.7. The molecule has 1 aliphatic heterocycles. The third-order valence-electron chi connectivity index (χ3n) is 8.45. The van der Waals surface area contributed by atoms with E-state index in [0.29, 0.717) is 56.2 Å². The van der Waals surface area contributed by atoms with Gasteiger partial charge in [-0.25, -0.2) is 4.79 Å². The van der Waals surface area contributed by atoms with E-state index in [0.717, 1.165) is 31.4 Å². The Kier molecular flexibility index (Phi) is 7.39. The van der Waals surface area contributed by atoms with Crippen molar-refractivity contribution >= 4 is 17.8 Å². The Balaban J connectivity index is 1.05. The number of hydrogen-bond acceptors (Lipinski definition) is 6. The molecule has 0 spiro atoms. The minimum atomic E-state index is -0.568. The Labute approximate surface area is 213 Å². The molecule has 8 nitrogen and oxygen atoms in total. The van der Waals surface area contributed by atoms with Crippen molar-refractivity contribution in [2.75, 3.05) is 32.9 Å². The molecular formula is C28H38N2O6. The Morgan fingerprint density at radius 1 is 0.972 bits per heavy atom. The molecule has 0 radical (unpaired) electrons. The van der Waals surface area contributed by atoms with Gasteiger partial charge in [0.15, 0.2) is 6.61 Å². The molecule has 1 aromatic carbocycles. The molecular weight excluding hydrogens is 460 g/mol. The summed E-state index contributed by atoms with van der Waals surface area (Å²) in [6.45, 7) is 3.38. The Morgan fingerprint density at radius 3 is 2.19 bits per heavy atom. The van der Waals surface area contributed by atoms with Gasteiger partial charge in [-0.1, -0.05) is 0 Å². The van der Waals surface area contributed by atoms with Crippen LogP contribution in [0.3, 0.4) is 0 Å². The molecule has 0 aromatic heterocycles. The number of amides is 2. The fourth-order valence-electron chi connectivity index (χ4n) is 7.37. The molecule has 5 fully saturated rings. The van der Waals surface area contributed by atoms with Crippen molar-refractivity contribution in [3.8, 4) is 11.5 Å². The van der Waals surface area contributed by atoms with Gasteiger partial charge in [0.2, 0.25) is 5.91 Å². The van der Waals surface area contributed by atoms with E-state index < -0.39 is 12.0 Å². The lowest BCUT2D eigenvalue weighted by molar-refractivity contribution is -0.166. The van der Waals surface area contributed by atoms with E-state index in [1.165, 1.54) is 19.3 Å². The average Bonchev–Trinajstić information content (AvgIpc) is 3.35. The first-order valence-electron chi connectivity index (χ1n) is 13.6. The zero-order valence-corrected chi connectivity index (χ0v) is 21.2. The Hall–Kier alpha value is -2.77. The van der Waals surface area contributed by atoms with Crippen LogP contribution in [-0.2, 0) is 19.1 Å². The lowest BCUT2D eigenvalue weighted by Crippen LogP contribution is -2.56. The van der Waals surface area contributed by atoms with E-state index in [2.05, 4.69) is 5.32 Å². The molecule has 1 N–H and O–H groups in total. The summed E-state index contributed by atoms with van der Waals surface area (Å²) in [4.78, 5) is 40.5. The predicted octanol–water partition coefficient (Wildman–Crippen LogP) is 3.33. The van der Waals surface area contributed by atoms with Gasteiger partial charge in [-0.3, -0.25) is 9.59 Å². The van der Waals surface area contributed by atoms with Crippen LogP contribution in [-0.4, -0.2) is 61.6 Å². The van der Waals surface area contributed by atoms with Crippen molar-refractivity contribution in [3.63, 3.8) is 0 Å². The third kappa shape index (κ3) is 5.32. The number of ether oxygens (including phenoxy) is 3. The third-order valence-corrected chi connectivity index (χ3v) is 8.45. The van der Waals surface area contributed by atoms with E-state index in [4.69, 9.17) is 14.2 Å². The fraction of sp³-hybridized carbons (Fsp3) is 0.679. The van der Waals surface area contributed by atoms with Gasteiger partial charge in [0.05, 0.1) is 18.6 Å². The van der Waals surface area contributed by atoms with Crippen LogP contribution in [0.4, 0.5) is 0 Å². The number of rotatable bonds is 10.